The van der Waals surface area contributed by atoms with Gasteiger partial charge in [-0.2, -0.15) is 0 Å². The summed E-state index contributed by atoms with van der Waals surface area (Å²) in [6.07, 6.45) is 5.31. The van der Waals surface area contributed by atoms with Crippen LogP contribution in [0.1, 0.15) is 24.0 Å². The molecule has 0 radical (unpaired) electrons. The maximum absolute atomic E-state index is 12.6. The molecule has 0 aliphatic carbocycles. The van der Waals surface area contributed by atoms with E-state index in [1.54, 1.807) is 0 Å². The Kier molecular flexibility index (Phi) is 5.63. The first-order valence-corrected chi connectivity index (χ1v) is 11.1. The highest BCUT2D eigenvalue weighted by molar-refractivity contribution is 7.89. The summed E-state index contributed by atoms with van der Waals surface area (Å²) < 4.78 is 32.7. The summed E-state index contributed by atoms with van der Waals surface area (Å²) in [5.41, 5.74) is 3.05. The van der Waals surface area contributed by atoms with Crippen LogP contribution in [0.3, 0.4) is 0 Å². The standard InChI is InChI=1S/C19H21ClN4O3S/c20-17-12-21-19(16-11-22-27-18(16)17)28(25,26)23-8-3-4-9-24-10-7-14-5-1-2-6-15(14)13-24/h1-2,5-6,11-12,23H,3-4,7-10,13H2. The highest BCUT2D eigenvalue weighted by Gasteiger charge is 2.22. The van der Waals surface area contributed by atoms with Crippen molar-refractivity contribution in [1.29, 1.82) is 0 Å². The van der Waals surface area contributed by atoms with Crippen LogP contribution < -0.4 is 4.72 Å². The molecule has 0 atom stereocenters. The number of halogens is 1. The lowest BCUT2D eigenvalue weighted by Gasteiger charge is -2.28. The molecule has 1 aromatic carbocycles. The van der Waals surface area contributed by atoms with E-state index in [9.17, 15) is 8.42 Å². The lowest BCUT2D eigenvalue weighted by Crippen LogP contribution is -2.32. The number of nitrogens with one attached hydrogen (secondary N) is 1. The van der Waals surface area contributed by atoms with E-state index >= 15 is 0 Å². The number of aromatic nitrogens is 2. The molecule has 0 bridgehead atoms. The molecule has 2 aromatic heterocycles. The third-order valence-corrected chi connectivity index (χ3v) is 6.66. The van der Waals surface area contributed by atoms with Gasteiger partial charge in [0.1, 0.15) is 5.02 Å². The zero-order chi connectivity index (χ0) is 19.6. The van der Waals surface area contributed by atoms with Crippen molar-refractivity contribution in [1.82, 2.24) is 19.8 Å². The van der Waals surface area contributed by atoms with Crippen molar-refractivity contribution in [2.24, 2.45) is 0 Å². The Morgan fingerprint density at radius 2 is 2.00 bits per heavy atom. The van der Waals surface area contributed by atoms with Gasteiger partial charge in [-0.15, -0.1) is 0 Å². The van der Waals surface area contributed by atoms with Crippen molar-refractivity contribution in [2.75, 3.05) is 19.6 Å². The van der Waals surface area contributed by atoms with Crippen molar-refractivity contribution in [3.05, 3.63) is 52.8 Å². The molecule has 1 N–H and O–H groups in total. The van der Waals surface area contributed by atoms with Crippen LogP contribution >= 0.6 is 11.6 Å². The normalized spacial score (nSPS) is 15.0. The molecule has 148 valence electrons. The molecule has 0 amide bonds. The molecule has 0 saturated carbocycles. The summed E-state index contributed by atoms with van der Waals surface area (Å²) in [6, 6.07) is 8.54. The van der Waals surface area contributed by atoms with Crippen LogP contribution in [0.15, 0.2) is 46.2 Å². The van der Waals surface area contributed by atoms with E-state index in [2.05, 4.69) is 44.0 Å². The Morgan fingerprint density at radius 3 is 2.86 bits per heavy atom. The largest absolute Gasteiger partial charge is 0.355 e. The summed E-state index contributed by atoms with van der Waals surface area (Å²) in [5.74, 6) is 0. The number of unbranched alkanes of at least 4 members (excludes halogenated alkanes) is 1. The average molecular weight is 421 g/mol. The lowest BCUT2D eigenvalue weighted by molar-refractivity contribution is 0.249. The second-order valence-electron chi connectivity index (χ2n) is 6.88. The molecule has 3 heterocycles. The quantitative estimate of drug-likeness (QED) is 0.591. The minimum atomic E-state index is -3.75. The van der Waals surface area contributed by atoms with Gasteiger partial charge in [-0.05, 0) is 36.9 Å². The Hall–Kier alpha value is -2.00. The summed E-state index contributed by atoms with van der Waals surface area (Å²) in [4.78, 5) is 6.37. The molecule has 9 heteroatoms. The van der Waals surface area contributed by atoms with Crippen LogP contribution in [0.5, 0.6) is 0 Å². The molecule has 0 spiro atoms. The van der Waals surface area contributed by atoms with Crippen LogP contribution in [-0.4, -0.2) is 43.1 Å². The smallest absolute Gasteiger partial charge is 0.258 e. The van der Waals surface area contributed by atoms with E-state index < -0.39 is 10.0 Å². The number of benzene rings is 1. The van der Waals surface area contributed by atoms with E-state index in [-0.39, 0.29) is 21.0 Å². The van der Waals surface area contributed by atoms with Gasteiger partial charge < -0.3 is 4.52 Å². The topological polar surface area (TPSA) is 88.3 Å². The van der Waals surface area contributed by atoms with E-state index in [0.29, 0.717) is 6.54 Å². The van der Waals surface area contributed by atoms with E-state index in [4.69, 9.17) is 16.1 Å². The first-order chi connectivity index (χ1) is 13.5. The molecule has 0 saturated heterocycles. The molecule has 1 aliphatic rings. The van der Waals surface area contributed by atoms with Gasteiger partial charge in [0.25, 0.3) is 10.0 Å². The van der Waals surface area contributed by atoms with Crippen LogP contribution in [0.4, 0.5) is 0 Å². The highest BCUT2D eigenvalue weighted by atomic mass is 35.5. The van der Waals surface area contributed by atoms with Gasteiger partial charge in [0.2, 0.25) is 0 Å². The molecule has 3 aromatic rings. The monoisotopic (exact) mass is 420 g/mol. The number of hydrogen-bond donors (Lipinski definition) is 1. The Bertz CT molecular complexity index is 1080. The highest BCUT2D eigenvalue weighted by Crippen LogP contribution is 2.26. The first-order valence-electron chi connectivity index (χ1n) is 9.22. The van der Waals surface area contributed by atoms with E-state index in [0.717, 1.165) is 38.9 Å². The van der Waals surface area contributed by atoms with Gasteiger partial charge in [0.15, 0.2) is 10.6 Å². The van der Waals surface area contributed by atoms with Gasteiger partial charge in [0, 0.05) is 19.6 Å². The third kappa shape index (κ3) is 4.05. The number of fused-ring (bicyclic) bond motifs is 2. The lowest BCUT2D eigenvalue weighted by atomic mass is 10.00. The van der Waals surface area contributed by atoms with E-state index in [1.807, 2.05) is 0 Å². The molecule has 1 aliphatic heterocycles. The van der Waals surface area contributed by atoms with Crippen molar-refractivity contribution >= 4 is 32.6 Å². The maximum atomic E-state index is 12.6. The van der Waals surface area contributed by atoms with Gasteiger partial charge in [-0.3, -0.25) is 4.90 Å². The van der Waals surface area contributed by atoms with E-state index in [1.165, 1.54) is 23.5 Å². The van der Waals surface area contributed by atoms with Crippen molar-refractivity contribution in [3.63, 3.8) is 0 Å². The molecule has 28 heavy (non-hydrogen) atoms. The molecular weight excluding hydrogens is 400 g/mol. The summed E-state index contributed by atoms with van der Waals surface area (Å²) in [5, 5.41) is 4.02. The predicted octanol–water partition coefficient (Wildman–Crippen LogP) is 2.99. The van der Waals surface area contributed by atoms with Crippen molar-refractivity contribution < 1.29 is 12.9 Å². The Morgan fingerprint density at radius 1 is 1.18 bits per heavy atom. The molecule has 0 fully saturated rings. The van der Waals surface area contributed by atoms with Crippen LogP contribution in [0.25, 0.3) is 11.0 Å². The summed E-state index contributed by atoms with van der Waals surface area (Å²) in [6.45, 7) is 3.31. The van der Waals surface area contributed by atoms with Crippen molar-refractivity contribution in [2.45, 2.75) is 30.8 Å². The first kappa shape index (κ1) is 19.3. The average Bonchev–Trinajstić information content (AvgIpc) is 3.18. The SMILES string of the molecule is O=S(=O)(NCCCCN1CCc2ccccc2C1)c1ncc(Cl)c2oncc12. The maximum Gasteiger partial charge on any atom is 0.258 e. The van der Waals surface area contributed by atoms with Crippen LogP contribution in [0.2, 0.25) is 5.02 Å². The fraction of sp³-hybridized carbons (Fsp3) is 0.368. The number of sulfonamides is 1. The summed E-state index contributed by atoms with van der Waals surface area (Å²) in [7, 11) is -3.75. The molecular formula is C19H21ClN4O3S. The molecule has 7 nitrogen and oxygen atoms in total. The van der Waals surface area contributed by atoms with Gasteiger partial charge in [-0.25, -0.2) is 18.1 Å². The number of rotatable bonds is 7. The second-order valence-corrected chi connectivity index (χ2v) is 8.97. The fourth-order valence-electron chi connectivity index (χ4n) is 3.50. The zero-order valence-corrected chi connectivity index (χ0v) is 16.8. The Balaban J connectivity index is 1.28. The summed E-state index contributed by atoms with van der Waals surface area (Å²) >= 11 is 5.96. The van der Waals surface area contributed by atoms with Gasteiger partial charge in [-0.1, -0.05) is 41.0 Å². The van der Waals surface area contributed by atoms with Gasteiger partial charge >= 0.3 is 0 Å². The number of nitrogens with zero attached hydrogens (tertiary/aromatic N) is 3. The number of hydrogen-bond acceptors (Lipinski definition) is 6. The third-order valence-electron chi connectivity index (χ3n) is 4.97. The Labute approximate surface area is 168 Å². The minimum absolute atomic E-state index is 0.110. The van der Waals surface area contributed by atoms with Crippen LogP contribution in [0, 0.1) is 0 Å². The predicted molar refractivity (Wildman–Crippen MR) is 107 cm³/mol. The zero-order valence-electron chi connectivity index (χ0n) is 15.3. The fourth-order valence-corrected chi connectivity index (χ4v) is 4.86. The molecule has 4 rings (SSSR count). The van der Waals surface area contributed by atoms with Crippen molar-refractivity contribution in [3.8, 4) is 0 Å². The number of pyridine rings is 1. The minimum Gasteiger partial charge on any atom is -0.355 e. The molecule has 0 unspecified atom stereocenters. The van der Waals surface area contributed by atoms with Gasteiger partial charge in [0.05, 0.1) is 17.8 Å². The second kappa shape index (κ2) is 8.16. The van der Waals surface area contributed by atoms with Crippen LogP contribution in [-0.2, 0) is 23.0 Å².